The van der Waals surface area contributed by atoms with Crippen molar-refractivity contribution in [1.29, 1.82) is 0 Å². The van der Waals surface area contributed by atoms with Crippen LogP contribution in [-0.2, 0) is 11.2 Å². The standard InChI is InChI=1S/C20H37N5O2S/c1-9-21-18(23-13-11-17-24-15(3)16(4)28-17)22-12-10-14(2)25(8)19(26)27-20(5,6)7/h14H,9-13H2,1-8H3,(H2,21,22,23). The van der Waals surface area contributed by atoms with E-state index in [1.54, 1.807) is 23.3 Å². The van der Waals surface area contributed by atoms with Crippen molar-refractivity contribution in [2.45, 2.75) is 73.0 Å². The van der Waals surface area contributed by atoms with Crippen LogP contribution in [-0.4, -0.2) is 60.3 Å². The third-order valence-electron chi connectivity index (χ3n) is 4.21. The molecule has 0 saturated heterocycles. The van der Waals surface area contributed by atoms with Gasteiger partial charge >= 0.3 is 6.09 Å². The molecule has 28 heavy (non-hydrogen) atoms. The van der Waals surface area contributed by atoms with E-state index in [4.69, 9.17) is 4.74 Å². The first-order valence-corrected chi connectivity index (χ1v) is 10.8. The van der Waals surface area contributed by atoms with Crippen molar-refractivity contribution >= 4 is 23.4 Å². The van der Waals surface area contributed by atoms with Crippen LogP contribution in [0, 0.1) is 13.8 Å². The molecule has 1 heterocycles. The summed E-state index contributed by atoms with van der Waals surface area (Å²) in [7, 11) is 1.77. The summed E-state index contributed by atoms with van der Waals surface area (Å²) in [5.74, 6) is 0.791. The van der Waals surface area contributed by atoms with Crippen LogP contribution in [0.25, 0.3) is 0 Å². The fourth-order valence-electron chi connectivity index (χ4n) is 2.35. The lowest BCUT2D eigenvalue weighted by Crippen LogP contribution is -2.40. The Kier molecular flexibility index (Phi) is 9.72. The number of nitrogens with one attached hydrogen (secondary N) is 2. The Morgan fingerprint density at radius 3 is 2.54 bits per heavy atom. The highest BCUT2D eigenvalue weighted by molar-refractivity contribution is 7.11. The molecule has 0 saturated carbocycles. The molecule has 0 aliphatic rings. The molecule has 0 spiro atoms. The van der Waals surface area contributed by atoms with Crippen LogP contribution < -0.4 is 10.6 Å². The highest BCUT2D eigenvalue weighted by Crippen LogP contribution is 2.16. The number of nitrogens with zero attached hydrogens (tertiary/aromatic N) is 3. The van der Waals surface area contributed by atoms with E-state index in [9.17, 15) is 4.79 Å². The SMILES string of the molecule is CCNC(=NCCC(C)N(C)C(=O)OC(C)(C)C)NCCc1nc(C)c(C)s1. The molecule has 0 aliphatic carbocycles. The Morgan fingerprint density at radius 1 is 1.32 bits per heavy atom. The Hall–Kier alpha value is -1.83. The molecule has 1 aromatic rings. The summed E-state index contributed by atoms with van der Waals surface area (Å²) in [5, 5.41) is 7.76. The predicted octanol–water partition coefficient (Wildman–Crippen LogP) is 3.50. The van der Waals surface area contributed by atoms with Gasteiger partial charge in [0.2, 0.25) is 0 Å². The first-order valence-electron chi connectivity index (χ1n) is 9.94. The Balaban J connectivity index is 2.46. The fourth-order valence-corrected chi connectivity index (χ4v) is 3.28. The van der Waals surface area contributed by atoms with Gasteiger partial charge in [-0.1, -0.05) is 0 Å². The van der Waals surface area contributed by atoms with Crippen LogP contribution in [0.3, 0.4) is 0 Å². The second-order valence-corrected chi connectivity index (χ2v) is 9.20. The van der Waals surface area contributed by atoms with E-state index < -0.39 is 5.60 Å². The Labute approximate surface area is 174 Å². The molecule has 0 aliphatic heterocycles. The molecule has 1 rings (SSSR count). The van der Waals surface area contributed by atoms with Gasteiger partial charge in [0.25, 0.3) is 0 Å². The number of hydrogen-bond donors (Lipinski definition) is 2. The van der Waals surface area contributed by atoms with Gasteiger partial charge in [-0.15, -0.1) is 11.3 Å². The topological polar surface area (TPSA) is 78.9 Å². The molecule has 0 aromatic carbocycles. The van der Waals surface area contributed by atoms with Crippen molar-refractivity contribution in [2.24, 2.45) is 4.99 Å². The summed E-state index contributed by atoms with van der Waals surface area (Å²) in [6, 6.07) is 0.0442. The lowest BCUT2D eigenvalue weighted by atomic mass is 10.2. The minimum Gasteiger partial charge on any atom is -0.444 e. The largest absolute Gasteiger partial charge is 0.444 e. The number of aryl methyl sites for hydroxylation is 2. The zero-order chi connectivity index (χ0) is 21.3. The third-order valence-corrected chi connectivity index (χ3v) is 5.34. The molecule has 1 unspecified atom stereocenters. The van der Waals surface area contributed by atoms with E-state index in [-0.39, 0.29) is 12.1 Å². The third kappa shape index (κ3) is 8.91. The second kappa shape index (κ2) is 11.2. The van der Waals surface area contributed by atoms with Crippen molar-refractivity contribution < 1.29 is 9.53 Å². The molecule has 1 atom stereocenters. The molecule has 0 fully saturated rings. The first kappa shape index (κ1) is 24.2. The van der Waals surface area contributed by atoms with Gasteiger partial charge in [-0.3, -0.25) is 4.99 Å². The maximum absolute atomic E-state index is 12.1. The van der Waals surface area contributed by atoms with E-state index in [0.717, 1.165) is 42.6 Å². The number of hydrogen-bond acceptors (Lipinski definition) is 5. The molecule has 1 amide bonds. The summed E-state index contributed by atoms with van der Waals surface area (Å²) >= 11 is 1.75. The van der Waals surface area contributed by atoms with E-state index in [1.807, 2.05) is 41.5 Å². The molecule has 7 nitrogen and oxygen atoms in total. The van der Waals surface area contributed by atoms with Gasteiger partial charge in [0.05, 0.1) is 10.7 Å². The Bertz CT molecular complexity index is 632. The second-order valence-electron chi connectivity index (χ2n) is 7.92. The van der Waals surface area contributed by atoms with Crippen molar-refractivity contribution in [2.75, 3.05) is 26.7 Å². The molecule has 0 bridgehead atoms. The maximum atomic E-state index is 12.1. The molecular weight excluding hydrogens is 374 g/mol. The van der Waals surface area contributed by atoms with Gasteiger partial charge in [0, 0.05) is 44.0 Å². The number of carbonyl (C=O) groups is 1. The van der Waals surface area contributed by atoms with Crippen LogP contribution >= 0.6 is 11.3 Å². The zero-order valence-electron chi connectivity index (χ0n) is 18.7. The number of guanidine groups is 1. The molecule has 1 aromatic heterocycles. The Morgan fingerprint density at radius 2 is 2.00 bits per heavy atom. The molecule has 160 valence electrons. The highest BCUT2D eigenvalue weighted by Gasteiger charge is 2.22. The fraction of sp³-hybridized carbons (Fsp3) is 0.750. The van der Waals surface area contributed by atoms with Crippen molar-refractivity contribution in [3.63, 3.8) is 0 Å². The number of amides is 1. The minimum absolute atomic E-state index is 0.0442. The van der Waals surface area contributed by atoms with Gasteiger partial charge in [-0.25, -0.2) is 9.78 Å². The van der Waals surface area contributed by atoms with Crippen LogP contribution in [0.1, 0.15) is 56.6 Å². The average molecular weight is 412 g/mol. The van der Waals surface area contributed by atoms with Crippen LogP contribution in [0.5, 0.6) is 0 Å². The summed E-state index contributed by atoms with van der Waals surface area (Å²) in [6.45, 7) is 16.0. The van der Waals surface area contributed by atoms with Gasteiger partial charge in [-0.05, 0) is 54.9 Å². The average Bonchev–Trinajstić information content (AvgIpc) is 2.90. The van der Waals surface area contributed by atoms with Crippen molar-refractivity contribution in [1.82, 2.24) is 20.5 Å². The molecule has 8 heteroatoms. The lowest BCUT2D eigenvalue weighted by molar-refractivity contribution is 0.0231. The number of thiazole rings is 1. The quantitative estimate of drug-likeness (QED) is 0.506. The van der Waals surface area contributed by atoms with Crippen LogP contribution in [0.15, 0.2) is 4.99 Å². The van der Waals surface area contributed by atoms with Crippen LogP contribution in [0.2, 0.25) is 0 Å². The summed E-state index contributed by atoms with van der Waals surface area (Å²) in [5.41, 5.74) is 0.628. The lowest BCUT2D eigenvalue weighted by Gasteiger charge is -2.28. The summed E-state index contributed by atoms with van der Waals surface area (Å²) in [4.78, 5) is 24.2. The van der Waals surface area contributed by atoms with Crippen molar-refractivity contribution in [3.8, 4) is 0 Å². The van der Waals surface area contributed by atoms with Gasteiger partial charge < -0.3 is 20.3 Å². The normalized spacial score (nSPS) is 13.2. The predicted molar refractivity (Wildman–Crippen MR) is 117 cm³/mol. The maximum Gasteiger partial charge on any atom is 0.410 e. The van der Waals surface area contributed by atoms with Crippen molar-refractivity contribution in [3.05, 3.63) is 15.6 Å². The number of rotatable bonds is 8. The first-order chi connectivity index (χ1) is 13.0. The smallest absolute Gasteiger partial charge is 0.410 e. The van der Waals surface area contributed by atoms with Gasteiger partial charge in [-0.2, -0.15) is 0 Å². The molecular formula is C20H37N5O2S. The number of ether oxygens (including phenoxy) is 1. The van der Waals surface area contributed by atoms with Gasteiger partial charge in [0.1, 0.15) is 5.60 Å². The zero-order valence-corrected chi connectivity index (χ0v) is 19.5. The molecule has 0 radical (unpaired) electrons. The number of aliphatic imine (C=N–C) groups is 1. The minimum atomic E-state index is -0.486. The monoisotopic (exact) mass is 411 g/mol. The highest BCUT2D eigenvalue weighted by atomic mass is 32.1. The van der Waals surface area contributed by atoms with E-state index in [2.05, 4.69) is 27.5 Å². The van der Waals surface area contributed by atoms with Gasteiger partial charge in [0.15, 0.2) is 5.96 Å². The van der Waals surface area contributed by atoms with Crippen LogP contribution in [0.4, 0.5) is 4.79 Å². The summed E-state index contributed by atoms with van der Waals surface area (Å²) in [6.07, 6.45) is 1.33. The van der Waals surface area contributed by atoms with E-state index in [1.165, 1.54) is 4.88 Å². The van der Waals surface area contributed by atoms with E-state index in [0.29, 0.717) is 6.54 Å². The number of aromatic nitrogens is 1. The molecule has 2 N–H and O–H groups in total. The van der Waals surface area contributed by atoms with E-state index >= 15 is 0 Å². The summed E-state index contributed by atoms with van der Waals surface area (Å²) < 4.78 is 5.41. The number of carbonyl (C=O) groups excluding carboxylic acids is 1.